The molecule has 2 aromatic rings. The molecule has 0 spiro atoms. The molecule has 0 atom stereocenters. The predicted molar refractivity (Wildman–Crippen MR) is 64.6 cm³/mol. The Balaban J connectivity index is 2.21. The van der Waals surface area contributed by atoms with Crippen LogP contribution in [0, 0.1) is 0 Å². The van der Waals surface area contributed by atoms with Crippen LogP contribution in [0.25, 0.3) is 10.2 Å². The summed E-state index contributed by atoms with van der Waals surface area (Å²) in [7, 11) is 0. The lowest BCUT2D eigenvalue weighted by Gasteiger charge is -2.16. The molecule has 0 saturated heterocycles. The number of fused-ring (bicyclic) bond motifs is 1. The van der Waals surface area contributed by atoms with Gasteiger partial charge in [-0.05, 0) is 12.1 Å². The van der Waals surface area contributed by atoms with Crippen LogP contribution in [0.15, 0.2) is 17.6 Å². The number of nitrogen functional groups attached to an aromatic ring is 1. The van der Waals surface area contributed by atoms with Crippen molar-refractivity contribution in [2.45, 2.75) is 5.92 Å². The smallest absolute Gasteiger partial charge is 0.287 e. The minimum Gasteiger partial charge on any atom is -0.395 e. The standard InChI is InChI=1S/C10H11F2N3OS/c11-10(12,4-16)3-14-6-1-2-7-9(8(6)13)15-5-17-7/h1-2,5,14,16H,3-4,13H2. The van der Waals surface area contributed by atoms with Crippen molar-refractivity contribution in [3.05, 3.63) is 17.6 Å². The molecule has 0 amide bonds. The van der Waals surface area contributed by atoms with Gasteiger partial charge >= 0.3 is 0 Å². The summed E-state index contributed by atoms with van der Waals surface area (Å²) in [6, 6.07) is 3.39. The maximum absolute atomic E-state index is 12.9. The molecule has 92 valence electrons. The number of nitrogens with zero attached hydrogens (tertiary/aromatic N) is 1. The van der Waals surface area contributed by atoms with Crippen molar-refractivity contribution in [2.75, 3.05) is 24.2 Å². The summed E-state index contributed by atoms with van der Waals surface area (Å²) < 4.78 is 26.6. The molecule has 0 aliphatic carbocycles. The van der Waals surface area contributed by atoms with E-state index in [9.17, 15) is 8.78 Å². The van der Waals surface area contributed by atoms with Gasteiger partial charge in [0.25, 0.3) is 5.92 Å². The van der Waals surface area contributed by atoms with Gasteiger partial charge in [-0.1, -0.05) is 0 Å². The molecule has 17 heavy (non-hydrogen) atoms. The third-order valence-electron chi connectivity index (χ3n) is 2.31. The zero-order chi connectivity index (χ0) is 12.5. The Morgan fingerprint density at radius 1 is 1.47 bits per heavy atom. The highest BCUT2D eigenvalue weighted by atomic mass is 32.1. The lowest BCUT2D eigenvalue weighted by atomic mass is 10.2. The largest absolute Gasteiger partial charge is 0.395 e. The molecule has 0 aliphatic heterocycles. The highest BCUT2D eigenvalue weighted by Crippen LogP contribution is 2.30. The number of nitrogens with two attached hydrogens (primary N) is 1. The van der Waals surface area contributed by atoms with Crippen molar-refractivity contribution in [2.24, 2.45) is 0 Å². The maximum atomic E-state index is 12.9. The number of aliphatic hydroxyl groups is 1. The minimum atomic E-state index is -3.16. The monoisotopic (exact) mass is 259 g/mol. The Morgan fingerprint density at radius 2 is 2.24 bits per heavy atom. The van der Waals surface area contributed by atoms with E-state index in [4.69, 9.17) is 10.8 Å². The van der Waals surface area contributed by atoms with E-state index in [0.29, 0.717) is 16.9 Å². The highest BCUT2D eigenvalue weighted by molar-refractivity contribution is 7.16. The number of halogens is 2. The molecule has 0 fully saturated rings. The molecule has 0 radical (unpaired) electrons. The van der Waals surface area contributed by atoms with Gasteiger partial charge in [-0.3, -0.25) is 0 Å². The minimum absolute atomic E-state index is 0.345. The fourth-order valence-electron chi connectivity index (χ4n) is 1.39. The average molecular weight is 259 g/mol. The Morgan fingerprint density at radius 3 is 2.94 bits per heavy atom. The Hall–Kier alpha value is -1.47. The molecule has 0 aliphatic rings. The number of nitrogens with one attached hydrogen (secondary N) is 1. The number of thiazole rings is 1. The van der Waals surface area contributed by atoms with Gasteiger partial charge in [-0.15, -0.1) is 11.3 Å². The number of hydrogen-bond acceptors (Lipinski definition) is 5. The van der Waals surface area contributed by atoms with Crippen molar-refractivity contribution >= 4 is 32.9 Å². The van der Waals surface area contributed by atoms with Crippen LogP contribution in [-0.2, 0) is 0 Å². The van der Waals surface area contributed by atoms with E-state index in [0.717, 1.165) is 4.70 Å². The van der Waals surface area contributed by atoms with Crippen LogP contribution in [0.1, 0.15) is 0 Å². The number of alkyl halides is 2. The number of hydrogen-bond donors (Lipinski definition) is 3. The van der Waals surface area contributed by atoms with Crippen LogP contribution >= 0.6 is 11.3 Å². The van der Waals surface area contributed by atoms with E-state index in [2.05, 4.69) is 10.3 Å². The molecular weight excluding hydrogens is 248 g/mol. The molecule has 1 aromatic heterocycles. The summed E-state index contributed by atoms with van der Waals surface area (Å²) in [5.41, 5.74) is 8.80. The fourth-order valence-corrected chi connectivity index (χ4v) is 2.08. The molecule has 1 heterocycles. The van der Waals surface area contributed by atoms with E-state index >= 15 is 0 Å². The number of aromatic nitrogens is 1. The third-order valence-corrected chi connectivity index (χ3v) is 3.10. The van der Waals surface area contributed by atoms with Gasteiger partial charge in [0.1, 0.15) is 12.1 Å². The van der Waals surface area contributed by atoms with Gasteiger partial charge in [-0.25, -0.2) is 13.8 Å². The number of aliphatic hydroxyl groups excluding tert-OH is 1. The fraction of sp³-hybridized carbons (Fsp3) is 0.300. The second-order valence-electron chi connectivity index (χ2n) is 3.59. The summed E-state index contributed by atoms with van der Waals surface area (Å²) >= 11 is 1.43. The Kier molecular flexibility index (Phi) is 3.12. The van der Waals surface area contributed by atoms with Crippen LogP contribution in [0.4, 0.5) is 20.2 Å². The zero-order valence-corrected chi connectivity index (χ0v) is 9.60. The molecule has 0 bridgehead atoms. The molecule has 0 unspecified atom stereocenters. The number of rotatable bonds is 4. The number of benzene rings is 1. The second-order valence-corrected chi connectivity index (χ2v) is 4.48. The van der Waals surface area contributed by atoms with Gasteiger partial charge in [0.15, 0.2) is 0 Å². The van der Waals surface area contributed by atoms with Gasteiger partial charge in [0.05, 0.1) is 28.1 Å². The van der Waals surface area contributed by atoms with Crippen LogP contribution < -0.4 is 11.1 Å². The summed E-state index contributed by atoms with van der Waals surface area (Å²) in [6.07, 6.45) is 0. The molecule has 7 heteroatoms. The van der Waals surface area contributed by atoms with Gasteiger partial charge in [0.2, 0.25) is 0 Å². The van der Waals surface area contributed by atoms with Gasteiger partial charge < -0.3 is 16.2 Å². The Labute approximate surface area is 100 Å². The lowest BCUT2D eigenvalue weighted by molar-refractivity contribution is -0.0372. The molecular formula is C10H11F2N3OS. The number of anilines is 2. The molecule has 0 saturated carbocycles. The van der Waals surface area contributed by atoms with Gasteiger partial charge in [0, 0.05) is 0 Å². The molecule has 4 nitrogen and oxygen atoms in total. The maximum Gasteiger partial charge on any atom is 0.287 e. The molecule has 1 aromatic carbocycles. The van der Waals surface area contributed by atoms with Crippen molar-refractivity contribution in [3.8, 4) is 0 Å². The molecule has 4 N–H and O–H groups in total. The van der Waals surface area contributed by atoms with E-state index in [1.54, 1.807) is 17.6 Å². The van der Waals surface area contributed by atoms with Crippen LogP contribution in [0.3, 0.4) is 0 Å². The lowest BCUT2D eigenvalue weighted by Crippen LogP contribution is -2.31. The first-order chi connectivity index (χ1) is 8.03. The van der Waals surface area contributed by atoms with Crippen molar-refractivity contribution in [1.29, 1.82) is 0 Å². The van der Waals surface area contributed by atoms with E-state index in [1.807, 2.05) is 0 Å². The van der Waals surface area contributed by atoms with E-state index in [-0.39, 0.29) is 0 Å². The summed E-state index contributed by atoms with van der Waals surface area (Å²) in [5.74, 6) is -3.16. The SMILES string of the molecule is Nc1c(NCC(F)(F)CO)ccc2scnc12. The van der Waals surface area contributed by atoms with Crippen LogP contribution in [0.2, 0.25) is 0 Å². The van der Waals surface area contributed by atoms with Crippen molar-refractivity contribution in [1.82, 2.24) is 4.98 Å². The van der Waals surface area contributed by atoms with Crippen LogP contribution in [-0.4, -0.2) is 29.2 Å². The zero-order valence-electron chi connectivity index (χ0n) is 8.78. The summed E-state index contributed by atoms with van der Waals surface area (Å²) in [6.45, 7) is -1.86. The average Bonchev–Trinajstić information content (AvgIpc) is 2.77. The second kappa shape index (κ2) is 4.42. The van der Waals surface area contributed by atoms with Gasteiger partial charge in [-0.2, -0.15) is 0 Å². The van der Waals surface area contributed by atoms with Crippen molar-refractivity contribution in [3.63, 3.8) is 0 Å². The topological polar surface area (TPSA) is 71.2 Å². The summed E-state index contributed by atoms with van der Waals surface area (Å²) in [4.78, 5) is 4.06. The first-order valence-electron chi connectivity index (χ1n) is 4.88. The van der Waals surface area contributed by atoms with Crippen molar-refractivity contribution < 1.29 is 13.9 Å². The quantitative estimate of drug-likeness (QED) is 0.734. The summed E-state index contributed by atoms with van der Waals surface area (Å²) in [5, 5.41) is 11.0. The normalized spacial score (nSPS) is 11.9. The van der Waals surface area contributed by atoms with Crippen LogP contribution in [0.5, 0.6) is 0 Å². The first-order valence-corrected chi connectivity index (χ1v) is 5.76. The molecule has 2 rings (SSSR count). The van der Waals surface area contributed by atoms with E-state index < -0.39 is 19.1 Å². The van der Waals surface area contributed by atoms with E-state index in [1.165, 1.54) is 11.3 Å². The third kappa shape index (κ3) is 2.45. The first kappa shape index (κ1) is 12.0. The highest BCUT2D eigenvalue weighted by Gasteiger charge is 2.27. The predicted octanol–water partition coefficient (Wildman–Crippen LogP) is 1.92. The Bertz CT molecular complexity index is 529.